The van der Waals surface area contributed by atoms with Crippen LogP contribution in [0, 0.1) is 0 Å². The van der Waals surface area contributed by atoms with Gasteiger partial charge in [0.15, 0.2) is 0 Å². The average molecular weight is 1040 g/mol. The van der Waals surface area contributed by atoms with Gasteiger partial charge < -0.3 is 18.3 Å². The number of aromatic nitrogens is 4. The number of rotatable bonds is 8. The van der Waals surface area contributed by atoms with Crippen molar-refractivity contribution in [3.8, 4) is 67.3 Å². The van der Waals surface area contributed by atoms with Gasteiger partial charge in [0, 0.05) is 65.8 Å². The van der Waals surface area contributed by atoms with E-state index in [2.05, 4.69) is 322 Å². The van der Waals surface area contributed by atoms with Crippen LogP contribution in [0.3, 0.4) is 0 Å². The van der Waals surface area contributed by atoms with Gasteiger partial charge in [0.05, 0.1) is 44.1 Å². The lowest BCUT2D eigenvalue weighted by Gasteiger charge is -2.14. The minimum atomic E-state index is 1.10. The van der Waals surface area contributed by atoms with Crippen LogP contribution >= 0.6 is 0 Å². The zero-order chi connectivity index (χ0) is 53.8. The molecule has 4 nitrogen and oxygen atoms in total. The highest BCUT2D eigenvalue weighted by molar-refractivity contribution is 6.15. The molecule has 0 saturated carbocycles. The quantitative estimate of drug-likeness (QED) is 0.145. The first kappa shape index (κ1) is 46.0. The molecule has 0 unspecified atom stereocenters. The van der Waals surface area contributed by atoms with Gasteiger partial charge in [0.25, 0.3) is 0 Å². The van der Waals surface area contributed by atoms with E-state index in [9.17, 15) is 0 Å². The normalized spacial score (nSPS) is 11.9. The van der Waals surface area contributed by atoms with Gasteiger partial charge in [-0.05, 0) is 154 Å². The second-order valence-electron chi connectivity index (χ2n) is 21.7. The molecule has 82 heavy (non-hydrogen) atoms. The van der Waals surface area contributed by atoms with Gasteiger partial charge in [-0.25, -0.2) is 0 Å². The Kier molecular flexibility index (Phi) is 10.3. The average Bonchev–Trinajstić information content (AvgIpc) is 2.89. The highest BCUT2D eigenvalue weighted by atomic mass is 15.0. The second-order valence-corrected chi connectivity index (χ2v) is 21.7. The molecule has 0 bridgehead atoms. The Hall–Kier alpha value is -10.9. The Labute approximate surface area is 473 Å². The van der Waals surface area contributed by atoms with Gasteiger partial charge in [0.1, 0.15) is 0 Å². The third-order valence-electron chi connectivity index (χ3n) is 17.2. The summed E-state index contributed by atoms with van der Waals surface area (Å²) in [4.78, 5) is 0. The van der Waals surface area contributed by atoms with Gasteiger partial charge in [-0.1, -0.05) is 194 Å². The standard InChI is InChI=1S/C78H50N4/c1-5-17-51(18-6-1)55-30-42-74-67(45-55)64-26-14-16-28-72(64)81(74)61-38-40-66-68-46-56(52-19-7-2-8-20-52)29-41-73(68)80(78(66)50-61)60-35-33-59(34-36-60)79-71-27-15-13-25-63(71)65-39-37-62(49-77(65)79)82-75-43-31-57(53-21-9-3-10-22-53)47-69(75)70-48-58(32-44-76(70)82)54-23-11-4-12-24-54/h1-50H. The monoisotopic (exact) mass is 1040 g/mol. The molecule has 0 atom stereocenters. The molecule has 4 aromatic heterocycles. The van der Waals surface area contributed by atoms with Crippen molar-refractivity contribution in [2.45, 2.75) is 0 Å². The molecule has 382 valence electrons. The molecule has 17 rings (SSSR count). The van der Waals surface area contributed by atoms with Crippen molar-refractivity contribution in [1.29, 1.82) is 0 Å². The van der Waals surface area contributed by atoms with Gasteiger partial charge in [0.2, 0.25) is 0 Å². The Morgan fingerprint density at radius 2 is 0.378 bits per heavy atom. The minimum Gasteiger partial charge on any atom is -0.309 e. The van der Waals surface area contributed by atoms with E-state index in [-0.39, 0.29) is 0 Å². The Morgan fingerprint density at radius 3 is 0.732 bits per heavy atom. The summed E-state index contributed by atoms with van der Waals surface area (Å²) in [6.07, 6.45) is 0. The van der Waals surface area contributed by atoms with Crippen LogP contribution in [0.1, 0.15) is 0 Å². The van der Waals surface area contributed by atoms with E-state index in [4.69, 9.17) is 0 Å². The molecule has 0 spiro atoms. The van der Waals surface area contributed by atoms with E-state index in [1.54, 1.807) is 0 Å². The first-order valence-corrected chi connectivity index (χ1v) is 28.2. The summed E-state index contributed by atoms with van der Waals surface area (Å²) in [5.74, 6) is 0. The Morgan fingerprint density at radius 1 is 0.134 bits per heavy atom. The molecule has 0 saturated heterocycles. The lowest BCUT2D eigenvalue weighted by molar-refractivity contribution is 1.13. The topological polar surface area (TPSA) is 19.7 Å². The molecule has 4 heteroatoms. The highest BCUT2D eigenvalue weighted by Crippen LogP contribution is 2.43. The molecule has 17 aromatic rings. The van der Waals surface area contributed by atoms with Crippen LogP contribution in [0.25, 0.3) is 154 Å². The number of para-hydroxylation sites is 2. The molecular formula is C78H50N4. The van der Waals surface area contributed by atoms with Crippen molar-refractivity contribution in [2.24, 2.45) is 0 Å². The molecule has 0 fully saturated rings. The third kappa shape index (κ3) is 7.18. The van der Waals surface area contributed by atoms with Crippen molar-refractivity contribution in [3.05, 3.63) is 303 Å². The fourth-order valence-electron chi connectivity index (χ4n) is 13.3. The summed E-state index contributed by atoms with van der Waals surface area (Å²) in [6.45, 7) is 0. The molecule has 4 heterocycles. The van der Waals surface area contributed by atoms with E-state index in [1.165, 1.54) is 115 Å². The van der Waals surface area contributed by atoms with E-state index in [0.29, 0.717) is 0 Å². The van der Waals surface area contributed by atoms with Crippen LogP contribution in [0.5, 0.6) is 0 Å². The number of fused-ring (bicyclic) bond motifs is 12. The van der Waals surface area contributed by atoms with Gasteiger partial charge in [-0.3, -0.25) is 0 Å². The predicted octanol–water partition coefficient (Wildman–Crippen LogP) is 20.7. The lowest BCUT2D eigenvalue weighted by Crippen LogP contribution is -1.99. The zero-order valence-electron chi connectivity index (χ0n) is 44.7. The van der Waals surface area contributed by atoms with E-state index < -0.39 is 0 Å². The summed E-state index contributed by atoms with van der Waals surface area (Å²) in [5.41, 5.74) is 23.4. The summed E-state index contributed by atoms with van der Waals surface area (Å²) in [5, 5.41) is 9.80. The SMILES string of the molecule is c1ccc(-c2ccc3c(c2)c2ccccc2n3-c2ccc3c4cc(-c5ccccc5)ccc4n(-c4ccc(-n5c6ccccc6c6ccc(-n7c8ccc(-c9ccccc9)cc8c8cc(-c9ccccc9)ccc87)cc65)cc4)c3c2)cc1. The van der Waals surface area contributed by atoms with Crippen LogP contribution in [-0.2, 0) is 0 Å². The number of benzene rings is 13. The molecule has 0 aliphatic carbocycles. The first-order valence-electron chi connectivity index (χ1n) is 28.2. The van der Waals surface area contributed by atoms with E-state index >= 15 is 0 Å². The van der Waals surface area contributed by atoms with E-state index in [0.717, 1.165) is 39.3 Å². The molecule has 0 aliphatic heterocycles. The number of hydrogen-bond donors (Lipinski definition) is 0. The van der Waals surface area contributed by atoms with Crippen LogP contribution in [0.2, 0.25) is 0 Å². The lowest BCUT2D eigenvalue weighted by atomic mass is 10.0. The van der Waals surface area contributed by atoms with Crippen molar-refractivity contribution >= 4 is 87.2 Å². The van der Waals surface area contributed by atoms with Gasteiger partial charge >= 0.3 is 0 Å². The maximum Gasteiger partial charge on any atom is 0.0561 e. The van der Waals surface area contributed by atoms with Crippen LogP contribution in [-0.4, -0.2) is 18.3 Å². The van der Waals surface area contributed by atoms with E-state index in [1.807, 2.05) is 0 Å². The Bertz CT molecular complexity index is 5260. The number of nitrogens with zero attached hydrogens (tertiary/aromatic N) is 4. The largest absolute Gasteiger partial charge is 0.309 e. The molecule has 0 aliphatic rings. The van der Waals surface area contributed by atoms with Crippen LogP contribution in [0.15, 0.2) is 303 Å². The van der Waals surface area contributed by atoms with Crippen LogP contribution < -0.4 is 0 Å². The third-order valence-corrected chi connectivity index (χ3v) is 17.2. The fraction of sp³-hybridized carbons (Fsp3) is 0. The van der Waals surface area contributed by atoms with Crippen molar-refractivity contribution in [1.82, 2.24) is 18.3 Å². The second kappa shape index (κ2) is 18.3. The smallest absolute Gasteiger partial charge is 0.0561 e. The first-order chi connectivity index (χ1) is 40.7. The maximum absolute atomic E-state index is 2.47. The molecule has 0 amide bonds. The highest BCUT2D eigenvalue weighted by Gasteiger charge is 2.21. The Balaban J connectivity index is 0.836. The maximum atomic E-state index is 2.47. The zero-order valence-corrected chi connectivity index (χ0v) is 44.7. The van der Waals surface area contributed by atoms with Crippen molar-refractivity contribution < 1.29 is 0 Å². The van der Waals surface area contributed by atoms with Gasteiger partial charge in [-0.15, -0.1) is 0 Å². The summed E-state index contributed by atoms with van der Waals surface area (Å²) >= 11 is 0. The summed E-state index contributed by atoms with van der Waals surface area (Å²) in [6, 6.07) is 112. The fourth-order valence-corrected chi connectivity index (χ4v) is 13.3. The minimum absolute atomic E-state index is 1.10. The summed E-state index contributed by atoms with van der Waals surface area (Å²) < 4.78 is 9.82. The predicted molar refractivity (Wildman–Crippen MR) is 346 cm³/mol. The molecule has 0 radical (unpaired) electrons. The van der Waals surface area contributed by atoms with Crippen molar-refractivity contribution in [2.75, 3.05) is 0 Å². The molecule has 0 N–H and O–H groups in total. The number of hydrogen-bond acceptors (Lipinski definition) is 0. The van der Waals surface area contributed by atoms with Crippen molar-refractivity contribution in [3.63, 3.8) is 0 Å². The summed E-state index contributed by atoms with van der Waals surface area (Å²) in [7, 11) is 0. The molecule has 13 aromatic carbocycles. The van der Waals surface area contributed by atoms with Crippen LogP contribution in [0.4, 0.5) is 0 Å². The van der Waals surface area contributed by atoms with Gasteiger partial charge in [-0.2, -0.15) is 0 Å². The molecular weight excluding hydrogens is 993 g/mol.